The molecule has 1 aromatic carbocycles. The second-order valence-electron chi connectivity index (χ2n) is 2.97. The zero-order valence-corrected chi connectivity index (χ0v) is 9.49. The van der Waals surface area contributed by atoms with Crippen molar-refractivity contribution in [3.8, 4) is 0 Å². The van der Waals surface area contributed by atoms with Crippen molar-refractivity contribution in [2.45, 2.75) is 6.18 Å². The Morgan fingerprint density at radius 2 is 1.94 bits per heavy atom. The molecule has 0 aliphatic heterocycles. The van der Waals surface area contributed by atoms with Gasteiger partial charge >= 0.3 is 11.5 Å². The van der Waals surface area contributed by atoms with E-state index in [1.807, 2.05) is 0 Å². The van der Waals surface area contributed by atoms with Crippen LogP contribution in [-0.4, -0.2) is 12.4 Å². The van der Waals surface area contributed by atoms with E-state index in [1.165, 1.54) is 13.1 Å². The van der Waals surface area contributed by atoms with E-state index >= 15 is 0 Å². The Morgan fingerprint density at radius 1 is 1.38 bits per heavy atom. The zero-order chi connectivity index (χ0) is 12.5. The van der Waals surface area contributed by atoms with E-state index in [2.05, 4.69) is 0 Å². The molecule has 1 rings (SSSR count). The summed E-state index contributed by atoms with van der Waals surface area (Å²) in [5.41, 5.74) is -0.979. The molecule has 0 unspecified atom stereocenters. The highest BCUT2D eigenvalue weighted by molar-refractivity contribution is 6.66. The molecule has 0 fully saturated rings. The van der Waals surface area contributed by atoms with E-state index in [0.29, 0.717) is 0 Å². The molecule has 2 nitrogen and oxygen atoms in total. The fourth-order valence-corrected chi connectivity index (χ4v) is 1.36. The van der Waals surface area contributed by atoms with Gasteiger partial charge in [0.15, 0.2) is 0 Å². The first-order valence-electron chi connectivity index (χ1n) is 4.03. The summed E-state index contributed by atoms with van der Waals surface area (Å²) in [7, 11) is 1.26. The van der Waals surface area contributed by atoms with Gasteiger partial charge in [-0.2, -0.15) is 13.2 Å². The van der Waals surface area contributed by atoms with Crippen molar-refractivity contribution < 1.29 is 18.0 Å². The summed E-state index contributed by atoms with van der Waals surface area (Å²) in [6.45, 7) is 0. The van der Waals surface area contributed by atoms with Crippen molar-refractivity contribution in [3.05, 3.63) is 28.8 Å². The molecule has 0 heterocycles. The molecule has 88 valence electrons. The smallest absolute Gasteiger partial charge is 0.302 e. The van der Waals surface area contributed by atoms with Crippen LogP contribution in [0.3, 0.4) is 0 Å². The van der Waals surface area contributed by atoms with E-state index in [4.69, 9.17) is 23.2 Å². The molecule has 16 heavy (non-hydrogen) atoms. The molecule has 7 heteroatoms. The molecular formula is C9H6Cl2F3NO. The third kappa shape index (κ3) is 2.80. The number of amides is 1. The van der Waals surface area contributed by atoms with Crippen LogP contribution < -0.4 is 4.90 Å². The molecule has 0 aliphatic rings. The maximum Gasteiger partial charge on any atom is 0.417 e. The lowest BCUT2D eigenvalue weighted by molar-refractivity contribution is -0.137. The first-order chi connectivity index (χ1) is 7.23. The van der Waals surface area contributed by atoms with Gasteiger partial charge in [0.25, 0.3) is 0 Å². The number of hydrogen-bond acceptors (Lipinski definition) is 1. The highest BCUT2D eigenvalue weighted by Gasteiger charge is 2.33. The van der Waals surface area contributed by atoms with Gasteiger partial charge in [-0.05, 0) is 29.8 Å². The molecule has 1 aromatic rings. The number of halogens is 5. The Bertz CT molecular complexity index is 420. The number of alkyl halides is 3. The predicted octanol–water partition coefficient (Wildman–Crippen LogP) is 4.15. The molecule has 0 saturated carbocycles. The van der Waals surface area contributed by atoms with Crippen LogP contribution >= 0.6 is 23.2 Å². The number of carbonyl (C=O) groups excluding carboxylic acids is 1. The van der Waals surface area contributed by atoms with E-state index < -0.39 is 22.1 Å². The number of rotatable bonds is 1. The van der Waals surface area contributed by atoms with Crippen LogP contribution in [0.2, 0.25) is 5.02 Å². The molecule has 0 bridgehead atoms. The van der Waals surface area contributed by atoms with Gasteiger partial charge in [-0.25, -0.2) is 0 Å². The second-order valence-corrected chi connectivity index (χ2v) is 3.70. The SMILES string of the molecule is CN(C(=O)Cl)c1ccc(Cl)c(C(F)(F)F)c1. The summed E-state index contributed by atoms with van der Waals surface area (Å²) in [6, 6.07) is 3.11. The highest BCUT2D eigenvalue weighted by atomic mass is 35.5. The van der Waals surface area contributed by atoms with Crippen LogP contribution in [-0.2, 0) is 6.18 Å². The van der Waals surface area contributed by atoms with E-state index in [0.717, 1.165) is 17.0 Å². The monoisotopic (exact) mass is 271 g/mol. The van der Waals surface area contributed by atoms with Crippen molar-refractivity contribution in [2.75, 3.05) is 11.9 Å². The number of nitrogens with zero attached hydrogens (tertiary/aromatic N) is 1. The summed E-state index contributed by atoms with van der Waals surface area (Å²) in [5.74, 6) is 0. The topological polar surface area (TPSA) is 20.3 Å². The fraction of sp³-hybridized carbons (Fsp3) is 0.222. The average molecular weight is 272 g/mol. The number of anilines is 1. The molecule has 0 aliphatic carbocycles. The van der Waals surface area contributed by atoms with Crippen LogP contribution in [0.4, 0.5) is 23.7 Å². The summed E-state index contributed by atoms with van der Waals surface area (Å²) < 4.78 is 37.4. The molecule has 0 N–H and O–H groups in total. The normalized spacial score (nSPS) is 11.4. The van der Waals surface area contributed by atoms with Crippen molar-refractivity contribution in [3.63, 3.8) is 0 Å². The van der Waals surface area contributed by atoms with Gasteiger partial charge in [-0.3, -0.25) is 4.79 Å². The molecule has 1 amide bonds. The first kappa shape index (κ1) is 13.1. The van der Waals surface area contributed by atoms with Gasteiger partial charge in [0.05, 0.1) is 10.6 Å². The van der Waals surface area contributed by atoms with Crippen LogP contribution in [0.1, 0.15) is 5.56 Å². The van der Waals surface area contributed by atoms with Gasteiger partial charge in [0, 0.05) is 12.7 Å². The van der Waals surface area contributed by atoms with Crippen LogP contribution in [0, 0.1) is 0 Å². The summed E-state index contributed by atoms with van der Waals surface area (Å²) in [4.78, 5) is 11.6. The lowest BCUT2D eigenvalue weighted by Crippen LogP contribution is -2.20. The molecule has 0 radical (unpaired) electrons. The zero-order valence-electron chi connectivity index (χ0n) is 7.98. The average Bonchev–Trinajstić information content (AvgIpc) is 2.15. The maximum absolute atomic E-state index is 12.5. The minimum atomic E-state index is -4.57. The molecule has 0 aromatic heterocycles. The Kier molecular flexibility index (Phi) is 3.70. The third-order valence-electron chi connectivity index (χ3n) is 1.91. The van der Waals surface area contributed by atoms with Crippen LogP contribution in [0.15, 0.2) is 18.2 Å². The highest BCUT2D eigenvalue weighted by Crippen LogP contribution is 2.36. The van der Waals surface area contributed by atoms with Crippen molar-refractivity contribution in [1.29, 1.82) is 0 Å². The molecule has 0 saturated heterocycles. The second kappa shape index (κ2) is 4.51. The third-order valence-corrected chi connectivity index (χ3v) is 2.49. The maximum atomic E-state index is 12.5. The van der Waals surface area contributed by atoms with Crippen LogP contribution in [0.5, 0.6) is 0 Å². The number of hydrogen-bond donors (Lipinski definition) is 0. The van der Waals surface area contributed by atoms with Gasteiger partial charge in [0.2, 0.25) is 0 Å². The molecular weight excluding hydrogens is 266 g/mol. The van der Waals surface area contributed by atoms with Gasteiger partial charge in [0.1, 0.15) is 0 Å². The Labute approximate surface area is 99.6 Å². The minimum Gasteiger partial charge on any atom is -0.302 e. The quantitative estimate of drug-likeness (QED) is 0.555. The minimum absolute atomic E-state index is 0.0247. The van der Waals surface area contributed by atoms with Gasteiger partial charge < -0.3 is 4.90 Å². The van der Waals surface area contributed by atoms with Gasteiger partial charge in [-0.1, -0.05) is 11.6 Å². The Morgan fingerprint density at radius 3 is 2.38 bits per heavy atom. The van der Waals surface area contributed by atoms with E-state index in [1.54, 1.807) is 0 Å². The standard InChI is InChI=1S/C9H6Cl2F3NO/c1-15(8(11)16)5-2-3-7(10)6(4-5)9(12,13)14/h2-4H,1H3. The summed E-state index contributed by atoms with van der Waals surface area (Å²) in [5, 5.41) is -1.30. The molecule has 0 atom stereocenters. The fourth-order valence-electron chi connectivity index (χ4n) is 1.04. The number of benzene rings is 1. The van der Waals surface area contributed by atoms with Crippen molar-refractivity contribution in [1.82, 2.24) is 0 Å². The summed E-state index contributed by atoms with van der Waals surface area (Å²) in [6.07, 6.45) is -4.57. The lowest BCUT2D eigenvalue weighted by Gasteiger charge is -2.16. The first-order valence-corrected chi connectivity index (χ1v) is 4.79. The van der Waals surface area contributed by atoms with E-state index in [9.17, 15) is 18.0 Å². The summed E-state index contributed by atoms with van der Waals surface area (Å²) >= 11 is 10.6. The largest absolute Gasteiger partial charge is 0.417 e. The van der Waals surface area contributed by atoms with Gasteiger partial charge in [-0.15, -0.1) is 0 Å². The van der Waals surface area contributed by atoms with Crippen molar-refractivity contribution in [2.24, 2.45) is 0 Å². The number of carbonyl (C=O) groups is 1. The Hall–Kier alpha value is -0.940. The Balaban J connectivity index is 3.23. The lowest BCUT2D eigenvalue weighted by atomic mass is 10.2. The van der Waals surface area contributed by atoms with Crippen molar-refractivity contribution >= 4 is 34.3 Å². The van der Waals surface area contributed by atoms with Crippen LogP contribution in [0.25, 0.3) is 0 Å². The molecule has 0 spiro atoms. The predicted molar refractivity (Wildman–Crippen MR) is 56.1 cm³/mol. The van der Waals surface area contributed by atoms with E-state index in [-0.39, 0.29) is 5.69 Å².